The Morgan fingerprint density at radius 2 is 2.00 bits per heavy atom. The molecule has 2 rings (SSSR count). The van der Waals surface area contributed by atoms with Crippen LogP contribution in [0.5, 0.6) is 11.5 Å². The Bertz CT molecular complexity index is 707. The van der Waals surface area contributed by atoms with Crippen molar-refractivity contribution in [2.75, 3.05) is 7.11 Å². The Labute approximate surface area is 146 Å². The summed E-state index contributed by atoms with van der Waals surface area (Å²) < 4.78 is 11.8. The van der Waals surface area contributed by atoms with Crippen LogP contribution in [0.1, 0.15) is 11.1 Å². The summed E-state index contributed by atoms with van der Waals surface area (Å²) in [5, 5.41) is 12.6. The smallest absolute Gasteiger partial charge is 0.175 e. The van der Waals surface area contributed by atoms with Gasteiger partial charge in [-0.3, -0.25) is 0 Å². The van der Waals surface area contributed by atoms with Gasteiger partial charge in [-0.05, 0) is 45.8 Å². The van der Waals surface area contributed by atoms with Crippen molar-refractivity contribution in [1.29, 1.82) is 0 Å². The number of oxime groups is 1. The lowest BCUT2D eigenvalue weighted by atomic mass is 10.2. The quantitative estimate of drug-likeness (QED) is 0.425. The van der Waals surface area contributed by atoms with Gasteiger partial charge < -0.3 is 14.7 Å². The van der Waals surface area contributed by atoms with Crippen LogP contribution in [0.3, 0.4) is 0 Å². The van der Waals surface area contributed by atoms with Crippen LogP contribution in [0.2, 0.25) is 10.0 Å². The van der Waals surface area contributed by atoms with Crippen molar-refractivity contribution >= 4 is 45.3 Å². The van der Waals surface area contributed by atoms with Gasteiger partial charge in [-0.1, -0.05) is 34.4 Å². The second-order valence-corrected chi connectivity index (χ2v) is 5.98. The predicted molar refractivity (Wildman–Crippen MR) is 90.9 cm³/mol. The van der Waals surface area contributed by atoms with Gasteiger partial charge in [0.25, 0.3) is 0 Å². The number of hydrogen-bond donors (Lipinski definition) is 1. The number of nitrogens with zero attached hydrogens (tertiary/aromatic N) is 1. The molecule has 0 atom stereocenters. The molecule has 116 valence electrons. The van der Waals surface area contributed by atoms with Crippen molar-refractivity contribution in [3.8, 4) is 11.5 Å². The van der Waals surface area contributed by atoms with E-state index in [-0.39, 0.29) is 0 Å². The number of halogens is 3. The molecule has 0 unspecified atom stereocenters. The minimum absolute atomic E-state index is 0.305. The van der Waals surface area contributed by atoms with E-state index in [9.17, 15) is 0 Å². The third kappa shape index (κ3) is 4.06. The Hall–Kier alpha value is -1.43. The molecule has 0 aliphatic carbocycles. The van der Waals surface area contributed by atoms with E-state index < -0.39 is 0 Å². The maximum absolute atomic E-state index is 8.60. The summed E-state index contributed by atoms with van der Waals surface area (Å²) in [5.74, 6) is 1.06. The molecule has 0 saturated carbocycles. The summed E-state index contributed by atoms with van der Waals surface area (Å²) >= 11 is 15.3. The Morgan fingerprint density at radius 1 is 1.23 bits per heavy atom. The van der Waals surface area contributed by atoms with Crippen molar-refractivity contribution in [1.82, 2.24) is 0 Å². The normalized spacial score (nSPS) is 10.9. The number of hydrogen-bond acceptors (Lipinski definition) is 4. The van der Waals surface area contributed by atoms with Gasteiger partial charge in [0, 0.05) is 5.56 Å². The fraction of sp³-hybridized carbons (Fsp3) is 0.133. The third-order valence-electron chi connectivity index (χ3n) is 2.83. The lowest BCUT2D eigenvalue weighted by Crippen LogP contribution is -1.99. The molecule has 22 heavy (non-hydrogen) atoms. The average Bonchev–Trinajstić information content (AvgIpc) is 2.49. The van der Waals surface area contributed by atoms with Crippen molar-refractivity contribution in [3.05, 3.63) is 56.0 Å². The molecule has 2 aromatic carbocycles. The highest BCUT2D eigenvalue weighted by molar-refractivity contribution is 9.10. The molecule has 0 amide bonds. The van der Waals surface area contributed by atoms with Crippen LogP contribution in [0.4, 0.5) is 0 Å². The fourth-order valence-electron chi connectivity index (χ4n) is 1.81. The Balaban J connectivity index is 2.23. The summed E-state index contributed by atoms with van der Waals surface area (Å²) in [6.45, 7) is 0.305. The fourth-order valence-corrected chi connectivity index (χ4v) is 2.70. The van der Waals surface area contributed by atoms with E-state index in [0.717, 1.165) is 5.56 Å². The minimum Gasteiger partial charge on any atom is -0.493 e. The molecule has 0 aliphatic heterocycles. The maximum atomic E-state index is 8.60. The van der Waals surface area contributed by atoms with Crippen LogP contribution in [0, 0.1) is 0 Å². The first-order valence-electron chi connectivity index (χ1n) is 6.17. The van der Waals surface area contributed by atoms with E-state index in [4.69, 9.17) is 37.9 Å². The van der Waals surface area contributed by atoms with E-state index in [0.29, 0.717) is 38.2 Å². The van der Waals surface area contributed by atoms with E-state index in [2.05, 4.69) is 21.1 Å². The molecule has 0 bridgehead atoms. The number of benzene rings is 2. The van der Waals surface area contributed by atoms with E-state index in [1.54, 1.807) is 24.3 Å². The monoisotopic (exact) mass is 403 g/mol. The maximum Gasteiger partial charge on any atom is 0.175 e. The van der Waals surface area contributed by atoms with E-state index >= 15 is 0 Å². The second kappa shape index (κ2) is 7.72. The van der Waals surface area contributed by atoms with Crippen molar-refractivity contribution < 1.29 is 14.7 Å². The summed E-state index contributed by atoms with van der Waals surface area (Å²) in [5.41, 5.74) is 1.55. The van der Waals surface area contributed by atoms with Gasteiger partial charge in [0.05, 0.1) is 27.8 Å². The molecule has 1 N–H and O–H groups in total. The van der Waals surface area contributed by atoms with Crippen LogP contribution < -0.4 is 9.47 Å². The predicted octanol–water partition coefficient (Wildman–Crippen LogP) is 5.15. The average molecular weight is 405 g/mol. The lowest BCUT2D eigenvalue weighted by molar-refractivity contribution is 0.282. The summed E-state index contributed by atoms with van der Waals surface area (Å²) in [6.07, 6.45) is 1.30. The molecule has 0 saturated heterocycles. The van der Waals surface area contributed by atoms with E-state index in [1.807, 2.05) is 6.07 Å². The van der Waals surface area contributed by atoms with Crippen LogP contribution in [-0.4, -0.2) is 18.5 Å². The van der Waals surface area contributed by atoms with Gasteiger partial charge in [-0.25, -0.2) is 0 Å². The van der Waals surface area contributed by atoms with Gasteiger partial charge >= 0.3 is 0 Å². The zero-order valence-electron chi connectivity index (χ0n) is 11.5. The van der Waals surface area contributed by atoms with Crippen LogP contribution >= 0.6 is 39.1 Å². The highest BCUT2D eigenvalue weighted by Gasteiger charge is 2.12. The standard InChI is InChI=1S/C15H12BrCl2NO3/c1-21-14-6-10(7-19-20)4-11(16)15(14)22-8-9-2-3-12(17)13(18)5-9/h2-7,20H,8H2,1H3. The summed E-state index contributed by atoms with van der Waals surface area (Å²) in [4.78, 5) is 0. The topological polar surface area (TPSA) is 51.0 Å². The molecule has 0 heterocycles. The van der Waals surface area contributed by atoms with Gasteiger partial charge in [-0.15, -0.1) is 0 Å². The largest absolute Gasteiger partial charge is 0.493 e. The molecule has 0 aliphatic rings. The minimum atomic E-state index is 0.305. The molecule has 2 aromatic rings. The first-order chi connectivity index (χ1) is 10.5. The third-order valence-corrected chi connectivity index (χ3v) is 4.15. The molecular formula is C15H12BrCl2NO3. The van der Waals surface area contributed by atoms with Gasteiger partial charge in [0.1, 0.15) is 6.61 Å². The van der Waals surface area contributed by atoms with E-state index in [1.165, 1.54) is 13.3 Å². The highest BCUT2D eigenvalue weighted by Crippen LogP contribution is 2.37. The van der Waals surface area contributed by atoms with Gasteiger partial charge in [-0.2, -0.15) is 0 Å². The van der Waals surface area contributed by atoms with Crippen LogP contribution in [-0.2, 0) is 6.61 Å². The second-order valence-electron chi connectivity index (χ2n) is 4.32. The molecule has 0 spiro atoms. The van der Waals surface area contributed by atoms with Crippen molar-refractivity contribution in [2.45, 2.75) is 6.61 Å². The Kier molecular flexibility index (Phi) is 5.94. The van der Waals surface area contributed by atoms with Crippen LogP contribution in [0.15, 0.2) is 40.0 Å². The number of methoxy groups -OCH3 is 1. The zero-order valence-corrected chi connectivity index (χ0v) is 14.6. The van der Waals surface area contributed by atoms with Gasteiger partial charge in [0.2, 0.25) is 0 Å². The number of ether oxygens (including phenoxy) is 2. The molecule has 7 heteroatoms. The SMILES string of the molecule is COc1cc(C=NO)cc(Br)c1OCc1ccc(Cl)c(Cl)c1. The van der Waals surface area contributed by atoms with Gasteiger partial charge in [0.15, 0.2) is 11.5 Å². The zero-order chi connectivity index (χ0) is 16.1. The molecule has 0 aromatic heterocycles. The van der Waals surface area contributed by atoms with Crippen molar-refractivity contribution in [3.63, 3.8) is 0 Å². The highest BCUT2D eigenvalue weighted by atomic mass is 79.9. The van der Waals surface area contributed by atoms with Crippen molar-refractivity contribution in [2.24, 2.45) is 5.16 Å². The molecule has 0 radical (unpaired) electrons. The lowest BCUT2D eigenvalue weighted by Gasteiger charge is -2.13. The molecule has 4 nitrogen and oxygen atoms in total. The first kappa shape index (κ1) is 16.9. The summed E-state index contributed by atoms with van der Waals surface area (Å²) in [7, 11) is 1.54. The Morgan fingerprint density at radius 3 is 2.64 bits per heavy atom. The molecule has 0 fully saturated rings. The number of rotatable bonds is 5. The van der Waals surface area contributed by atoms with Crippen LogP contribution in [0.25, 0.3) is 0 Å². The summed E-state index contributed by atoms with van der Waals surface area (Å²) in [6, 6.07) is 8.76. The first-order valence-corrected chi connectivity index (χ1v) is 7.71. The molecular weight excluding hydrogens is 393 g/mol.